The van der Waals surface area contributed by atoms with E-state index >= 15 is 0 Å². The van der Waals surface area contributed by atoms with Gasteiger partial charge in [-0.2, -0.15) is 13.5 Å². The van der Waals surface area contributed by atoms with E-state index in [0.29, 0.717) is 95.9 Å². The van der Waals surface area contributed by atoms with E-state index in [1.807, 2.05) is 81.6 Å². The van der Waals surface area contributed by atoms with Gasteiger partial charge in [-0.05, 0) is 159 Å². The number of nitrogens with one attached hydrogen (secondary N) is 4. The number of carbonyl (C=O) groups excluding carboxylic acids is 7. The Kier molecular flexibility index (Phi) is 23.8. The number of nitrogens with zero attached hydrogens (tertiary/aromatic N) is 7. The highest BCUT2D eigenvalue weighted by Crippen LogP contribution is 2.72. The number of amides is 8. The molecule has 3 aromatic carbocycles. The van der Waals surface area contributed by atoms with E-state index < -0.39 is 75.9 Å². The van der Waals surface area contributed by atoms with Crippen molar-refractivity contribution >= 4 is 119 Å². The number of para-hydroxylation sites is 1. The zero-order valence-electron chi connectivity index (χ0n) is 57.6. The number of aromatic carboxylic acids is 1. The van der Waals surface area contributed by atoms with Crippen LogP contribution in [-0.2, 0) is 64.9 Å². The lowest BCUT2D eigenvalue weighted by molar-refractivity contribution is -0.248. The number of pyridine rings is 1. The third kappa shape index (κ3) is 18.7. The number of halogens is 1. The molecule has 1 aliphatic heterocycles. The fraction of sp³-hybridized carbons (Fsp3) is 0.507. The molecule has 6 aromatic rings. The van der Waals surface area contributed by atoms with Crippen LogP contribution in [0.4, 0.5) is 26.2 Å². The number of carbonyl (C=O) groups is 8. The van der Waals surface area contributed by atoms with Gasteiger partial charge in [0.25, 0.3) is 21.9 Å². The fourth-order valence-corrected chi connectivity index (χ4v) is 18.0. The van der Waals surface area contributed by atoms with Crippen LogP contribution in [0.3, 0.4) is 0 Å². The third-order valence-electron chi connectivity index (χ3n) is 19.8. The summed E-state index contributed by atoms with van der Waals surface area (Å²) in [5, 5.41) is 27.3. The van der Waals surface area contributed by atoms with Crippen LogP contribution in [0, 0.1) is 29.1 Å². The van der Waals surface area contributed by atoms with Gasteiger partial charge in [-0.3, -0.25) is 43.4 Å². The van der Waals surface area contributed by atoms with Crippen molar-refractivity contribution in [3.8, 4) is 11.1 Å². The van der Waals surface area contributed by atoms with Gasteiger partial charge in [-0.25, -0.2) is 24.4 Å². The van der Waals surface area contributed by atoms with Crippen molar-refractivity contribution in [3.63, 3.8) is 0 Å². The first-order valence-electron chi connectivity index (χ1n) is 34.1. The highest BCUT2D eigenvalue weighted by atomic mass is 127. The van der Waals surface area contributed by atoms with Crippen molar-refractivity contribution < 1.29 is 65.9 Å². The Morgan fingerprint density at radius 1 is 0.822 bits per heavy atom. The molecule has 0 saturated heterocycles. The van der Waals surface area contributed by atoms with Crippen LogP contribution >= 0.6 is 33.9 Å². The number of anilines is 3. The minimum Gasteiger partial charge on any atom is -0.476 e. The summed E-state index contributed by atoms with van der Waals surface area (Å²) in [7, 11) is -4.54. The molecule has 30 heteroatoms. The number of hydrogen-bond donors (Lipinski definition) is 8. The van der Waals surface area contributed by atoms with E-state index in [1.54, 1.807) is 56.4 Å². The molecule has 101 heavy (non-hydrogen) atoms. The average molecular weight is 1540 g/mol. The van der Waals surface area contributed by atoms with Crippen molar-refractivity contribution in [3.05, 3.63) is 119 Å². The van der Waals surface area contributed by atoms with E-state index in [9.17, 15) is 56.4 Å². The number of thiazole rings is 1. The van der Waals surface area contributed by atoms with Crippen LogP contribution in [0.15, 0.2) is 85.1 Å². The maximum atomic E-state index is 14.7. The molecule has 2 unspecified atom stereocenters. The summed E-state index contributed by atoms with van der Waals surface area (Å²) in [5.74, 6) is -4.17. The molecule has 0 spiro atoms. The van der Waals surface area contributed by atoms with Crippen molar-refractivity contribution in [2.45, 2.75) is 155 Å². The lowest BCUT2D eigenvalue weighted by Crippen LogP contribution is -2.64. The number of ether oxygens (including phenoxy) is 2. The van der Waals surface area contributed by atoms with Crippen LogP contribution in [0.2, 0.25) is 0 Å². The Bertz CT molecular complexity index is 4150. The number of urea groups is 1. The van der Waals surface area contributed by atoms with E-state index in [4.69, 9.17) is 31.0 Å². The Labute approximate surface area is 604 Å². The smallest absolute Gasteiger partial charge is 0.410 e. The number of nitrogens with two attached hydrogens (primary N) is 2. The van der Waals surface area contributed by atoms with Gasteiger partial charge in [0.2, 0.25) is 17.7 Å². The second-order valence-electron chi connectivity index (χ2n) is 28.6. The monoisotopic (exact) mass is 1540 g/mol. The van der Waals surface area contributed by atoms with Gasteiger partial charge in [0, 0.05) is 80.3 Å². The number of hydrogen-bond acceptors (Lipinski definition) is 17. The normalized spacial score (nSPS) is 20.4. The van der Waals surface area contributed by atoms with Crippen molar-refractivity contribution in [1.29, 1.82) is 0 Å². The van der Waals surface area contributed by atoms with Gasteiger partial charge in [-0.1, -0.05) is 104 Å². The molecule has 4 atom stereocenters. The van der Waals surface area contributed by atoms with E-state index in [0.717, 1.165) is 59.1 Å². The Balaban J connectivity index is 0.797. The second kappa shape index (κ2) is 31.9. The zero-order valence-corrected chi connectivity index (χ0v) is 61.3. The first-order valence-corrected chi connectivity index (χ1v) is 38.1. The Morgan fingerprint density at radius 2 is 1.55 bits per heavy atom. The first kappa shape index (κ1) is 75.3. The topological polar surface area (TPSA) is 383 Å². The van der Waals surface area contributed by atoms with Gasteiger partial charge in [-0.15, -0.1) is 0 Å². The molecule has 4 bridgehead atoms. The maximum Gasteiger partial charge on any atom is 0.410 e. The van der Waals surface area contributed by atoms with Gasteiger partial charge in [0.05, 0.1) is 38.8 Å². The molecule has 10 N–H and O–H groups in total. The lowest BCUT2D eigenvalue weighted by Gasteiger charge is -2.69. The lowest BCUT2D eigenvalue weighted by atomic mass is 9.39. The molecular formula is C71H90IN13O14S2. The summed E-state index contributed by atoms with van der Waals surface area (Å²) < 4.78 is 50.3. The van der Waals surface area contributed by atoms with Crippen LogP contribution in [0.1, 0.15) is 148 Å². The fourth-order valence-electron chi connectivity index (χ4n) is 16.4. The predicted molar refractivity (Wildman–Crippen MR) is 390 cm³/mol. The molecule has 4 fully saturated rings. The number of carboxylic acids is 1. The first-order chi connectivity index (χ1) is 48.0. The Hall–Kier alpha value is -8.33. The molecule has 4 aliphatic carbocycles. The predicted octanol–water partition coefficient (Wildman–Crippen LogP) is 8.93. The maximum absolute atomic E-state index is 14.7. The highest BCUT2D eigenvalue weighted by Gasteiger charge is 2.66. The summed E-state index contributed by atoms with van der Waals surface area (Å²) in [4.78, 5) is 119. The van der Waals surface area contributed by atoms with Crippen molar-refractivity contribution in [2.75, 3.05) is 64.6 Å². The number of benzene rings is 3. The van der Waals surface area contributed by atoms with Gasteiger partial charge in [0.15, 0.2) is 10.8 Å². The summed E-state index contributed by atoms with van der Waals surface area (Å²) in [6.07, 6.45) is 8.48. The standard InChI is InChI=1S/C71H90IN13O14S2/c1-44(2)59(80-57(86)18-7-6-10-26-75-58(87)33-72)63(90)85(54(61(73)88)16-12-27-76-65(74)93)48-21-19-46(20-22-48)36-98-67(94)82(30-32-101(95,96)97)29-31-99-71-40-68(4)37-69(5,41-71)39-70(38-68,42-71)43-84-45(3)51(34-77-84)49-23-24-56(79-60(49)64(91)92)83-28-25-47-13-11-14-50(52(47)35-83)62(89)81-66-78-53-15-8-9-17-55(53)100-66/h8-9,11,13-15,17,19-24,34,44,54,59H,6-7,10,12,16,18,25-33,35-43H2,1-5H3,(H2,73,88)(H,75,87)(H,80,86)(H,91,92)(H3,74,76,93)(H,78,81,89)(H,95,96,97)/t54-,59-,68?,69?,70?,71?/m0/s1. The summed E-state index contributed by atoms with van der Waals surface area (Å²) >= 11 is 3.37. The van der Waals surface area contributed by atoms with Crippen molar-refractivity contribution in [2.24, 2.45) is 33.6 Å². The van der Waals surface area contributed by atoms with E-state index in [2.05, 4.69) is 40.1 Å². The van der Waals surface area contributed by atoms with Gasteiger partial charge >= 0.3 is 18.1 Å². The number of rotatable bonds is 33. The molecule has 4 saturated carbocycles. The highest BCUT2D eigenvalue weighted by molar-refractivity contribution is 14.1. The molecule has 4 heterocycles. The SMILES string of the molecule is Cc1c(-c2ccc(N3CCc4cccc(C(=O)Nc5nc6ccccc6s5)c4C3)nc2C(=O)O)cnn1CC12CC3(C)CC(C)(C1)CC(OCCN(CCS(=O)(=O)O)C(=O)OCc1ccc(N(C(=O)[C@@H](NC(=O)CCCCCNC(=O)CI)C(C)C)[C@@H](CCCNC(N)=O)C(N)=O)cc1)(C3)C2. The van der Waals surface area contributed by atoms with E-state index in [1.165, 1.54) is 21.1 Å². The van der Waals surface area contributed by atoms with Gasteiger partial charge in [0.1, 0.15) is 24.5 Å². The molecule has 542 valence electrons. The van der Waals surface area contributed by atoms with Crippen LogP contribution in [0.25, 0.3) is 21.3 Å². The summed E-state index contributed by atoms with van der Waals surface area (Å²) in [5.41, 5.74) is 15.6. The summed E-state index contributed by atoms with van der Waals surface area (Å²) in [6.45, 7) is 11.2. The molecule has 0 radical (unpaired) electrons. The number of unbranched alkanes of at least 4 members (excludes halogenated alkanes) is 2. The number of primary amides is 2. The Morgan fingerprint density at radius 3 is 2.24 bits per heavy atom. The van der Waals surface area contributed by atoms with Gasteiger partial charge < -0.3 is 51.8 Å². The van der Waals surface area contributed by atoms with E-state index in [-0.39, 0.29) is 90.9 Å². The van der Waals surface area contributed by atoms with Crippen LogP contribution < -0.4 is 42.5 Å². The minimum absolute atomic E-state index is 0.00941. The molecule has 5 aliphatic rings. The molecule has 27 nitrogen and oxygen atoms in total. The molecule has 11 rings (SSSR count). The minimum atomic E-state index is -4.54. The molecule has 8 amide bonds. The average Bonchev–Trinajstić information content (AvgIpc) is 1.17. The largest absolute Gasteiger partial charge is 0.476 e. The zero-order chi connectivity index (χ0) is 72.6. The summed E-state index contributed by atoms with van der Waals surface area (Å²) in [6, 6.07) is 20.1. The number of alkyl halides is 1. The number of fused-ring (bicyclic) bond motifs is 2. The second-order valence-corrected chi connectivity index (χ2v) is 31.9. The van der Waals surface area contributed by atoms with Crippen molar-refractivity contribution in [1.82, 2.24) is 40.6 Å². The molecular weight excluding hydrogens is 1450 g/mol. The third-order valence-corrected chi connectivity index (χ3v) is 22.1. The quantitative estimate of drug-likeness (QED) is 0.00824. The van der Waals surface area contributed by atoms with Crippen LogP contribution in [-0.4, -0.2) is 158 Å². The van der Waals surface area contributed by atoms with Crippen LogP contribution in [0.5, 0.6) is 0 Å². The number of carboxylic acid groups (broad SMARTS) is 1. The number of aromatic nitrogens is 4. The molecule has 3 aromatic heterocycles.